The number of carbonyl (C=O) groups is 1. The zero-order chi connectivity index (χ0) is 15.4. The summed E-state index contributed by atoms with van der Waals surface area (Å²) >= 11 is 1.66. The molecule has 1 atom stereocenters. The molecule has 0 aliphatic carbocycles. The van der Waals surface area contributed by atoms with E-state index < -0.39 is 0 Å². The largest absolute Gasteiger partial charge is 0.331 e. The van der Waals surface area contributed by atoms with E-state index in [4.69, 9.17) is 0 Å². The Morgan fingerprint density at radius 2 is 2.50 bits per heavy atom. The molecule has 0 spiro atoms. The van der Waals surface area contributed by atoms with Crippen LogP contribution in [0.5, 0.6) is 0 Å². The van der Waals surface area contributed by atoms with Gasteiger partial charge in [0.15, 0.2) is 0 Å². The smallest absolute Gasteiger partial charge is 0.293 e. The van der Waals surface area contributed by atoms with Gasteiger partial charge in [-0.15, -0.1) is 16.4 Å². The maximum absolute atomic E-state index is 12.6. The molecule has 1 saturated heterocycles. The second-order valence-corrected chi connectivity index (χ2v) is 6.48. The third-order valence-corrected chi connectivity index (χ3v) is 4.80. The molecule has 3 heterocycles. The number of nitrogens with one attached hydrogen (secondary N) is 1. The van der Waals surface area contributed by atoms with E-state index in [0.717, 1.165) is 25.9 Å². The van der Waals surface area contributed by atoms with Gasteiger partial charge in [0, 0.05) is 18.0 Å². The number of carbonyl (C=O) groups excluding carboxylic acids is 1. The summed E-state index contributed by atoms with van der Waals surface area (Å²) in [6, 6.07) is 4.34. The molecule has 2 aromatic rings. The summed E-state index contributed by atoms with van der Waals surface area (Å²) in [6.45, 7) is 5.20. The first kappa shape index (κ1) is 15.2. The van der Waals surface area contributed by atoms with E-state index in [1.807, 2.05) is 29.1 Å². The van der Waals surface area contributed by atoms with Crippen molar-refractivity contribution in [1.29, 1.82) is 0 Å². The van der Waals surface area contributed by atoms with Crippen molar-refractivity contribution in [2.75, 3.05) is 19.6 Å². The van der Waals surface area contributed by atoms with Gasteiger partial charge < -0.3 is 10.2 Å². The topological polar surface area (TPSA) is 63.1 Å². The average Bonchev–Trinajstić information content (AvgIpc) is 3.24. The van der Waals surface area contributed by atoms with Crippen molar-refractivity contribution < 1.29 is 4.79 Å². The lowest BCUT2D eigenvalue weighted by atomic mass is 10.1. The number of piperidine rings is 1. The minimum absolute atomic E-state index is 0.0987. The highest BCUT2D eigenvalue weighted by Crippen LogP contribution is 2.16. The van der Waals surface area contributed by atoms with E-state index >= 15 is 0 Å². The molecule has 0 aromatic carbocycles. The first-order valence-corrected chi connectivity index (χ1v) is 8.59. The number of rotatable bonds is 5. The van der Waals surface area contributed by atoms with Gasteiger partial charge in [-0.2, -0.15) is 0 Å². The summed E-state index contributed by atoms with van der Waals surface area (Å²) in [5, 5.41) is 9.79. The molecular weight excluding hydrogens is 298 g/mol. The van der Waals surface area contributed by atoms with Gasteiger partial charge in [0.2, 0.25) is 5.82 Å². The van der Waals surface area contributed by atoms with Gasteiger partial charge in [0.05, 0.1) is 12.6 Å². The van der Waals surface area contributed by atoms with Crippen LogP contribution in [0.25, 0.3) is 0 Å². The second kappa shape index (κ2) is 7.02. The van der Waals surface area contributed by atoms with Crippen LogP contribution in [0.4, 0.5) is 0 Å². The zero-order valence-electron chi connectivity index (χ0n) is 12.7. The molecule has 7 heteroatoms. The minimum atomic E-state index is -0.0987. The number of amides is 1. The third-order valence-electron chi connectivity index (χ3n) is 3.94. The first-order chi connectivity index (χ1) is 10.8. The van der Waals surface area contributed by atoms with E-state index in [9.17, 15) is 4.79 Å². The van der Waals surface area contributed by atoms with E-state index in [1.165, 1.54) is 4.88 Å². The standard InChI is InChI=1S/C15H21N5OS/c1-2-19(10-13-6-4-8-22-13)15(21)14-17-11-20(18-14)12-5-3-7-16-9-12/h4,6,8,11-12,16H,2-3,5,7,9-10H2,1H3/t12-/m1/s1. The Balaban J connectivity index is 1.69. The maximum atomic E-state index is 12.6. The van der Waals surface area contributed by atoms with Crippen LogP contribution in [-0.2, 0) is 6.54 Å². The van der Waals surface area contributed by atoms with Crippen molar-refractivity contribution in [3.8, 4) is 0 Å². The molecule has 1 aliphatic rings. The molecule has 0 saturated carbocycles. The molecule has 2 aromatic heterocycles. The molecule has 0 bridgehead atoms. The molecule has 0 radical (unpaired) electrons. The Hall–Kier alpha value is -1.73. The monoisotopic (exact) mass is 319 g/mol. The Morgan fingerprint density at radius 1 is 1.59 bits per heavy atom. The fourth-order valence-electron chi connectivity index (χ4n) is 2.67. The summed E-state index contributed by atoms with van der Waals surface area (Å²) in [6.07, 6.45) is 3.90. The Kier molecular flexibility index (Phi) is 4.84. The lowest BCUT2D eigenvalue weighted by Gasteiger charge is -2.22. The normalized spacial score (nSPS) is 18.3. The molecule has 1 amide bonds. The molecule has 118 valence electrons. The summed E-state index contributed by atoms with van der Waals surface area (Å²) < 4.78 is 1.83. The van der Waals surface area contributed by atoms with Crippen molar-refractivity contribution in [3.63, 3.8) is 0 Å². The van der Waals surface area contributed by atoms with Crippen LogP contribution in [0.3, 0.4) is 0 Å². The number of thiophene rings is 1. The molecule has 1 aliphatic heterocycles. The van der Waals surface area contributed by atoms with Crippen molar-refractivity contribution >= 4 is 17.2 Å². The van der Waals surface area contributed by atoms with Crippen LogP contribution < -0.4 is 5.32 Å². The number of aromatic nitrogens is 3. The average molecular weight is 319 g/mol. The number of hydrogen-bond acceptors (Lipinski definition) is 5. The second-order valence-electron chi connectivity index (χ2n) is 5.45. The molecule has 1 fully saturated rings. The van der Waals surface area contributed by atoms with Gasteiger partial charge >= 0.3 is 0 Å². The van der Waals surface area contributed by atoms with Gasteiger partial charge in [0.25, 0.3) is 5.91 Å². The highest BCUT2D eigenvalue weighted by Gasteiger charge is 2.22. The SMILES string of the molecule is CCN(Cc1cccs1)C(=O)c1ncn([C@@H]2CCCNC2)n1. The van der Waals surface area contributed by atoms with Crippen molar-refractivity contribution in [2.24, 2.45) is 0 Å². The van der Waals surface area contributed by atoms with Gasteiger partial charge in [-0.1, -0.05) is 6.07 Å². The first-order valence-electron chi connectivity index (χ1n) is 7.71. The number of hydrogen-bond donors (Lipinski definition) is 1. The van der Waals surface area contributed by atoms with Gasteiger partial charge in [-0.05, 0) is 37.8 Å². The quantitative estimate of drug-likeness (QED) is 0.914. The van der Waals surface area contributed by atoms with Crippen LogP contribution in [0.1, 0.15) is 41.3 Å². The molecule has 22 heavy (non-hydrogen) atoms. The van der Waals surface area contributed by atoms with Crippen molar-refractivity contribution in [2.45, 2.75) is 32.4 Å². The molecule has 0 unspecified atom stereocenters. The summed E-state index contributed by atoms with van der Waals surface area (Å²) in [4.78, 5) is 19.8. The molecule has 3 rings (SSSR count). The Bertz CT molecular complexity index is 603. The van der Waals surface area contributed by atoms with Gasteiger partial charge in [-0.3, -0.25) is 4.79 Å². The zero-order valence-corrected chi connectivity index (χ0v) is 13.6. The molecular formula is C15H21N5OS. The lowest BCUT2D eigenvalue weighted by Crippen LogP contribution is -2.33. The fraction of sp³-hybridized carbons (Fsp3) is 0.533. The minimum Gasteiger partial charge on any atom is -0.331 e. The van der Waals surface area contributed by atoms with E-state index in [-0.39, 0.29) is 5.91 Å². The van der Waals surface area contributed by atoms with Crippen LogP contribution >= 0.6 is 11.3 Å². The number of nitrogens with zero attached hydrogens (tertiary/aromatic N) is 4. The maximum Gasteiger partial charge on any atom is 0.293 e. The fourth-order valence-corrected chi connectivity index (χ4v) is 3.39. The summed E-state index contributed by atoms with van der Waals surface area (Å²) in [5.41, 5.74) is 0. The van der Waals surface area contributed by atoms with Gasteiger partial charge in [-0.25, -0.2) is 9.67 Å². The molecule has 6 nitrogen and oxygen atoms in total. The molecule has 1 N–H and O–H groups in total. The highest BCUT2D eigenvalue weighted by molar-refractivity contribution is 7.09. The predicted octanol–water partition coefficient (Wildman–Crippen LogP) is 1.93. The van der Waals surface area contributed by atoms with Gasteiger partial charge in [0.1, 0.15) is 6.33 Å². The van der Waals surface area contributed by atoms with Crippen LogP contribution in [0.2, 0.25) is 0 Å². The van der Waals surface area contributed by atoms with Crippen LogP contribution in [0.15, 0.2) is 23.8 Å². The third kappa shape index (κ3) is 3.36. The lowest BCUT2D eigenvalue weighted by molar-refractivity contribution is 0.0741. The van der Waals surface area contributed by atoms with Crippen molar-refractivity contribution in [1.82, 2.24) is 25.0 Å². The Morgan fingerprint density at radius 3 is 3.18 bits per heavy atom. The van der Waals surface area contributed by atoms with Crippen LogP contribution in [-0.4, -0.2) is 45.2 Å². The van der Waals surface area contributed by atoms with E-state index in [2.05, 4.69) is 15.4 Å². The summed E-state index contributed by atoms with van der Waals surface area (Å²) in [5.74, 6) is 0.197. The van der Waals surface area contributed by atoms with Crippen molar-refractivity contribution in [3.05, 3.63) is 34.5 Å². The van der Waals surface area contributed by atoms with E-state index in [1.54, 1.807) is 22.6 Å². The summed E-state index contributed by atoms with van der Waals surface area (Å²) in [7, 11) is 0. The van der Waals surface area contributed by atoms with Crippen LogP contribution in [0, 0.1) is 0 Å². The Labute approximate surface area is 134 Å². The highest BCUT2D eigenvalue weighted by atomic mass is 32.1. The van der Waals surface area contributed by atoms with E-state index in [0.29, 0.717) is 25.0 Å². The predicted molar refractivity (Wildman–Crippen MR) is 85.9 cm³/mol.